The van der Waals surface area contributed by atoms with Crippen molar-refractivity contribution in [1.29, 1.82) is 0 Å². The van der Waals surface area contributed by atoms with Crippen LogP contribution in [0.5, 0.6) is 0 Å². The van der Waals surface area contributed by atoms with Crippen molar-refractivity contribution < 1.29 is 9.26 Å². The molecule has 4 rings (SSSR count). The summed E-state index contributed by atoms with van der Waals surface area (Å²) in [5.74, 6) is 3.43. The summed E-state index contributed by atoms with van der Waals surface area (Å²) in [6.45, 7) is 4.93. The summed E-state index contributed by atoms with van der Waals surface area (Å²) in [6, 6.07) is 0. The Bertz CT molecular complexity index is 590. The number of aliphatic imine (C=N–C) groups is 1. The van der Waals surface area contributed by atoms with E-state index in [-0.39, 0.29) is 12.2 Å². The van der Waals surface area contributed by atoms with Gasteiger partial charge in [-0.25, -0.2) is 0 Å². The predicted molar refractivity (Wildman–Crippen MR) is 89.6 cm³/mol. The fourth-order valence-electron chi connectivity index (χ4n) is 3.44. The largest absolute Gasteiger partial charge is 0.370 e. The van der Waals surface area contributed by atoms with E-state index in [0.29, 0.717) is 24.3 Å². The number of rotatable bonds is 4. The Hall–Kier alpha value is -1.63. The number of ether oxygens (including phenoxy) is 1. The van der Waals surface area contributed by atoms with E-state index in [4.69, 9.17) is 15.0 Å². The van der Waals surface area contributed by atoms with Gasteiger partial charge in [0.25, 0.3) is 5.89 Å². The first kappa shape index (κ1) is 15.9. The molecule has 3 aliphatic rings. The summed E-state index contributed by atoms with van der Waals surface area (Å²) in [5, 5.41) is 4.07. The molecule has 1 aromatic heterocycles. The lowest BCUT2D eigenvalue weighted by Gasteiger charge is -2.31. The van der Waals surface area contributed by atoms with Gasteiger partial charge >= 0.3 is 0 Å². The zero-order chi connectivity index (χ0) is 16.5. The lowest BCUT2D eigenvalue weighted by atomic mass is 10.00. The smallest absolute Gasteiger partial charge is 0.255 e. The van der Waals surface area contributed by atoms with Crippen molar-refractivity contribution in [1.82, 2.24) is 15.0 Å². The van der Waals surface area contributed by atoms with Gasteiger partial charge in [-0.05, 0) is 44.4 Å². The molecule has 0 bridgehead atoms. The molecule has 0 unspecified atom stereocenters. The molecule has 7 heteroatoms. The van der Waals surface area contributed by atoms with E-state index in [9.17, 15) is 0 Å². The molecule has 2 atom stereocenters. The first-order valence-corrected chi connectivity index (χ1v) is 9.23. The zero-order valence-corrected chi connectivity index (χ0v) is 14.4. The number of hydrogen-bond donors (Lipinski definition) is 1. The zero-order valence-electron chi connectivity index (χ0n) is 14.4. The Morgan fingerprint density at radius 1 is 1.21 bits per heavy atom. The first-order chi connectivity index (χ1) is 11.7. The summed E-state index contributed by atoms with van der Waals surface area (Å²) >= 11 is 0. The van der Waals surface area contributed by atoms with Crippen LogP contribution in [-0.2, 0) is 4.74 Å². The molecule has 3 heterocycles. The summed E-state index contributed by atoms with van der Waals surface area (Å²) in [6.07, 6.45) is 6.62. The van der Waals surface area contributed by atoms with E-state index >= 15 is 0 Å². The second kappa shape index (κ2) is 6.70. The number of nitrogens with zero attached hydrogens (tertiary/aromatic N) is 4. The fraction of sp³-hybridized carbons (Fsp3) is 0.824. The molecule has 0 amide bonds. The summed E-state index contributed by atoms with van der Waals surface area (Å²) in [7, 11) is 0. The van der Waals surface area contributed by atoms with Crippen LogP contribution in [-0.4, -0.2) is 46.7 Å². The molecule has 0 aromatic carbocycles. The molecule has 3 fully saturated rings. The minimum Gasteiger partial charge on any atom is -0.370 e. The monoisotopic (exact) mass is 333 g/mol. The topological polar surface area (TPSA) is 89.8 Å². The van der Waals surface area contributed by atoms with Crippen molar-refractivity contribution in [3.05, 3.63) is 11.7 Å². The minimum absolute atomic E-state index is 0.0812. The van der Waals surface area contributed by atoms with Gasteiger partial charge in [0.2, 0.25) is 0 Å². The Balaban J connectivity index is 1.27. The Kier molecular flexibility index (Phi) is 4.43. The van der Waals surface area contributed by atoms with E-state index in [1.54, 1.807) is 0 Å². The molecule has 0 spiro atoms. The van der Waals surface area contributed by atoms with Crippen molar-refractivity contribution in [3.8, 4) is 0 Å². The molecule has 1 saturated carbocycles. The SMILES string of the molecule is CC1CCN(C(N)=NC[C@H]2CC[C@@H](c3nc(C4CC4)no3)O2)CC1. The van der Waals surface area contributed by atoms with Crippen molar-refractivity contribution in [2.24, 2.45) is 16.6 Å². The van der Waals surface area contributed by atoms with Gasteiger partial charge in [0, 0.05) is 19.0 Å². The van der Waals surface area contributed by atoms with Crippen molar-refractivity contribution in [2.75, 3.05) is 19.6 Å². The number of hydrogen-bond acceptors (Lipinski definition) is 5. The molecule has 1 aliphatic carbocycles. The molecule has 1 aromatic rings. The number of guanidine groups is 1. The second-order valence-electron chi connectivity index (χ2n) is 7.46. The van der Waals surface area contributed by atoms with Crippen molar-refractivity contribution >= 4 is 5.96 Å². The van der Waals surface area contributed by atoms with Gasteiger partial charge in [-0.1, -0.05) is 12.1 Å². The van der Waals surface area contributed by atoms with Gasteiger partial charge in [0.05, 0.1) is 12.6 Å². The molecule has 0 radical (unpaired) electrons. The summed E-state index contributed by atoms with van der Waals surface area (Å²) < 4.78 is 11.4. The maximum Gasteiger partial charge on any atom is 0.255 e. The summed E-state index contributed by atoms with van der Waals surface area (Å²) in [4.78, 5) is 11.2. The van der Waals surface area contributed by atoms with Gasteiger partial charge in [-0.3, -0.25) is 4.99 Å². The normalized spacial score (nSPS) is 29.4. The highest BCUT2D eigenvalue weighted by Crippen LogP contribution is 2.39. The molecule has 2 aliphatic heterocycles. The maximum absolute atomic E-state index is 6.14. The van der Waals surface area contributed by atoms with Crippen LogP contribution in [0, 0.1) is 5.92 Å². The number of piperidine rings is 1. The minimum atomic E-state index is -0.0812. The highest BCUT2D eigenvalue weighted by atomic mass is 16.5. The van der Waals surface area contributed by atoms with Gasteiger partial charge in [0.15, 0.2) is 11.8 Å². The Labute approximate surface area is 142 Å². The molecular weight excluding hydrogens is 306 g/mol. The predicted octanol–water partition coefficient (Wildman–Crippen LogP) is 2.21. The third-order valence-electron chi connectivity index (χ3n) is 5.35. The highest BCUT2D eigenvalue weighted by molar-refractivity contribution is 5.78. The fourth-order valence-corrected chi connectivity index (χ4v) is 3.44. The van der Waals surface area contributed by atoms with Crippen LogP contribution in [0.15, 0.2) is 9.52 Å². The maximum atomic E-state index is 6.14. The summed E-state index contributed by atoms with van der Waals surface area (Å²) in [5.41, 5.74) is 6.14. The Morgan fingerprint density at radius 2 is 2.00 bits per heavy atom. The molecule has 2 N–H and O–H groups in total. The van der Waals surface area contributed by atoms with Gasteiger partial charge in [-0.2, -0.15) is 4.98 Å². The lowest BCUT2D eigenvalue weighted by molar-refractivity contribution is 0.0307. The second-order valence-corrected chi connectivity index (χ2v) is 7.46. The standard InChI is InChI=1S/C17H27N5O2/c1-11-6-8-22(9-7-11)17(18)19-10-13-4-5-14(23-13)16-20-15(21-24-16)12-2-3-12/h11-14H,2-10H2,1H3,(H2,18,19)/t13-,14+/m1/s1. The molecule has 7 nitrogen and oxygen atoms in total. The third kappa shape index (κ3) is 3.55. The third-order valence-corrected chi connectivity index (χ3v) is 5.35. The van der Waals surface area contributed by atoms with E-state index in [1.807, 2.05) is 0 Å². The number of nitrogens with two attached hydrogens (primary N) is 1. The van der Waals surface area contributed by atoms with Crippen LogP contribution in [0.4, 0.5) is 0 Å². The number of aromatic nitrogens is 2. The van der Waals surface area contributed by atoms with Gasteiger partial charge < -0.3 is 19.9 Å². The highest BCUT2D eigenvalue weighted by Gasteiger charge is 2.34. The first-order valence-electron chi connectivity index (χ1n) is 9.23. The molecule has 24 heavy (non-hydrogen) atoms. The lowest BCUT2D eigenvalue weighted by Crippen LogP contribution is -2.42. The number of likely N-dealkylation sites (tertiary alicyclic amines) is 1. The van der Waals surface area contributed by atoms with Crippen molar-refractivity contribution in [2.45, 2.75) is 63.6 Å². The molecule has 132 valence electrons. The van der Waals surface area contributed by atoms with Gasteiger partial charge in [0.1, 0.15) is 6.10 Å². The van der Waals surface area contributed by atoms with E-state index in [1.165, 1.54) is 25.7 Å². The molecular formula is C17H27N5O2. The van der Waals surface area contributed by atoms with E-state index < -0.39 is 0 Å². The van der Waals surface area contributed by atoms with Crippen molar-refractivity contribution in [3.63, 3.8) is 0 Å². The van der Waals surface area contributed by atoms with Crippen LogP contribution in [0.3, 0.4) is 0 Å². The van der Waals surface area contributed by atoms with Crippen LogP contribution >= 0.6 is 0 Å². The van der Waals surface area contributed by atoms with Crippen LogP contribution < -0.4 is 5.73 Å². The van der Waals surface area contributed by atoms with E-state index in [0.717, 1.165) is 37.7 Å². The van der Waals surface area contributed by atoms with E-state index in [2.05, 4.69) is 27.0 Å². The van der Waals surface area contributed by atoms with Crippen LogP contribution in [0.1, 0.15) is 69.2 Å². The molecule has 2 saturated heterocycles. The van der Waals surface area contributed by atoms with Gasteiger partial charge in [-0.15, -0.1) is 0 Å². The van der Waals surface area contributed by atoms with Crippen LogP contribution in [0.25, 0.3) is 0 Å². The quantitative estimate of drug-likeness (QED) is 0.671. The average molecular weight is 333 g/mol. The Morgan fingerprint density at radius 3 is 2.75 bits per heavy atom. The average Bonchev–Trinajstić information content (AvgIpc) is 3.13. The van der Waals surface area contributed by atoms with Crippen LogP contribution in [0.2, 0.25) is 0 Å².